The number of imide groups is 1. The summed E-state index contributed by atoms with van der Waals surface area (Å²) in [6.07, 6.45) is 8.50. The number of ether oxygens (including phenoxy) is 1. The molecule has 4 aliphatic heterocycles. The Hall–Kier alpha value is -6.24. The molecule has 2 aromatic rings. The minimum Gasteiger partial charge on any atom is -0.444 e. The number of benzene rings is 1. The van der Waals surface area contributed by atoms with E-state index in [0.29, 0.717) is 54.1 Å². The number of hydrogen-bond acceptors (Lipinski definition) is 12. The number of aryl methyl sites for hydroxylation is 2. The molecule has 8 rings (SSSR count). The number of rotatable bonds is 15. The van der Waals surface area contributed by atoms with Crippen LogP contribution in [-0.2, 0) is 53.8 Å². The maximum Gasteiger partial charge on any atom is 0.407 e. The fourth-order valence-electron chi connectivity index (χ4n) is 9.82. The Morgan fingerprint density at radius 2 is 1.66 bits per heavy atom. The van der Waals surface area contributed by atoms with Crippen molar-refractivity contribution in [3.63, 3.8) is 0 Å². The lowest BCUT2D eigenvalue weighted by atomic mass is 9.86. The quantitative estimate of drug-likeness (QED) is 0.149. The van der Waals surface area contributed by atoms with Crippen LogP contribution in [-0.4, -0.2) is 132 Å². The van der Waals surface area contributed by atoms with Crippen LogP contribution in [0.4, 0.5) is 4.79 Å². The summed E-state index contributed by atoms with van der Waals surface area (Å²) >= 11 is 0. The Morgan fingerprint density at radius 3 is 2.37 bits per heavy atom. The summed E-state index contributed by atoms with van der Waals surface area (Å²) in [5, 5.41) is 12.0. The van der Waals surface area contributed by atoms with Crippen LogP contribution in [0.25, 0.3) is 11.3 Å². The van der Waals surface area contributed by atoms with Gasteiger partial charge in [0.1, 0.15) is 17.7 Å². The molecule has 4 N–H and O–H groups in total. The second-order valence-electron chi connectivity index (χ2n) is 19.5. The van der Waals surface area contributed by atoms with Gasteiger partial charge >= 0.3 is 6.09 Å². The lowest BCUT2D eigenvalue weighted by Gasteiger charge is -2.36. The van der Waals surface area contributed by atoms with E-state index in [2.05, 4.69) is 26.2 Å². The number of fused-ring (bicyclic) bond motifs is 3. The zero-order valence-electron chi connectivity index (χ0n) is 39.0. The van der Waals surface area contributed by atoms with E-state index in [9.17, 15) is 42.0 Å². The number of hydrogen-bond donors (Lipinski definition) is 4. The van der Waals surface area contributed by atoms with E-state index < -0.39 is 56.9 Å². The first-order chi connectivity index (χ1) is 31.7. The number of carbonyl (C=O) groups is 6. The highest BCUT2D eigenvalue weighted by atomic mass is 32.2. The maximum absolute atomic E-state index is 14.8. The number of alkyl carbamates (subject to hydrolysis) is 1. The molecule has 67 heavy (non-hydrogen) atoms. The highest BCUT2D eigenvalue weighted by molar-refractivity contribution is 7.91. The number of amides is 6. The summed E-state index contributed by atoms with van der Waals surface area (Å²) in [6, 6.07) is 5.24. The molecule has 6 amide bonds. The van der Waals surface area contributed by atoms with Crippen molar-refractivity contribution in [3.8, 4) is 0 Å². The van der Waals surface area contributed by atoms with Gasteiger partial charge in [0.05, 0.1) is 28.6 Å². The minimum absolute atomic E-state index is 0.112. The first-order valence-electron chi connectivity index (χ1n) is 23.1. The molecule has 1 aromatic carbocycles. The molecule has 3 atom stereocenters. The van der Waals surface area contributed by atoms with Gasteiger partial charge in [-0.25, -0.2) is 13.2 Å². The molecular formula is C48H60N8O10S. The molecule has 0 bridgehead atoms. The number of likely N-dealkylation sites (tertiary alicyclic amines) is 1. The largest absolute Gasteiger partial charge is 0.444 e. The van der Waals surface area contributed by atoms with Crippen LogP contribution in [0.3, 0.4) is 0 Å². The van der Waals surface area contributed by atoms with Crippen LogP contribution in [0.5, 0.6) is 0 Å². The molecule has 3 unspecified atom stereocenters. The summed E-state index contributed by atoms with van der Waals surface area (Å²) in [6.45, 7) is 6.65. The van der Waals surface area contributed by atoms with Gasteiger partial charge in [0.15, 0.2) is 9.84 Å². The van der Waals surface area contributed by atoms with Gasteiger partial charge in [-0.1, -0.05) is 12.1 Å². The fraction of sp³-hybridized carbons (Fsp3) is 0.521. The van der Waals surface area contributed by atoms with Crippen molar-refractivity contribution >= 4 is 56.7 Å². The van der Waals surface area contributed by atoms with Gasteiger partial charge < -0.3 is 40.4 Å². The van der Waals surface area contributed by atoms with Crippen LogP contribution in [0.15, 0.2) is 58.2 Å². The summed E-state index contributed by atoms with van der Waals surface area (Å²) in [5.41, 5.74) is 3.59. The van der Waals surface area contributed by atoms with Crippen LogP contribution in [0, 0.1) is 5.92 Å². The second kappa shape index (κ2) is 18.4. The van der Waals surface area contributed by atoms with Gasteiger partial charge in [-0.3, -0.25) is 33.7 Å². The monoisotopic (exact) mass is 940 g/mol. The van der Waals surface area contributed by atoms with Gasteiger partial charge in [0.2, 0.25) is 11.8 Å². The van der Waals surface area contributed by atoms with Crippen molar-refractivity contribution in [2.24, 2.45) is 13.0 Å². The van der Waals surface area contributed by atoms with Crippen LogP contribution >= 0.6 is 0 Å². The Bertz CT molecular complexity index is 2710. The summed E-state index contributed by atoms with van der Waals surface area (Å²) in [7, 11) is -0.743. The van der Waals surface area contributed by atoms with E-state index in [1.165, 1.54) is 11.6 Å². The number of carbonyl (C=O) groups excluding carboxylic acids is 6. The van der Waals surface area contributed by atoms with Crippen LogP contribution in [0.1, 0.15) is 98.3 Å². The third kappa shape index (κ3) is 9.92. The first-order valence-corrected chi connectivity index (χ1v) is 25.1. The number of unbranched alkanes of at least 4 members (excludes halogenated alkanes) is 1. The molecule has 18 nitrogen and oxygen atoms in total. The minimum atomic E-state index is -3.78. The van der Waals surface area contributed by atoms with E-state index in [-0.39, 0.29) is 91.3 Å². The molecule has 1 saturated heterocycles. The number of aromatic nitrogens is 1. The average Bonchev–Trinajstić information content (AvgIpc) is 3.94. The van der Waals surface area contributed by atoms with Crippen molar-refractivity contribution in [1.29, 1.82) is 0 Å². The van der Waals surface area contributed by atoms with E-state index in [4.69, 9.17) is 4.74 Å². The number of likely N-dealkylation sites (N-methyl/N-ethyl adjacent to an activating group) is 1. The average molecular weight is 941 g/mol. The third-order valence-corrected chi connectivity index (χ3v) is 14.1. The highest BCUT2D eigenvalue weighted by Gasteiger charge is 2.47. The molecule has 6 aliphatic rings. The lowest BCUT2D eigenvalue weighted by molar-refractivity contribution is -0.150. The second-order valence-corrected chi connectivity index (χ2v) is 21.7. The van der Waals surface area contributed by atoms with Crippen molar-refractivity contribution in [3.05, 3.63) is 91.6 Å². The maximum atomic E-state index is 14.8. The molecule has 1 saturated carbocycles. The SMILES string of the molecule is CN1C(=O)CCC(N2Cc3c(CCCCNC(=O)C4=C(CS(C)(=O)=O)c5ccn(C)c(=O)c5C5=C6C4=CN(CC4CC4)C6CC(C(=O)NCCNC(=O)OC(C)(C)C)N5)cccc3C2=O)C1=O. The number of piperidine rings is 1. The predicted octanol–water partition coefficient (Wildman–Crippen LogP) is 2.13. The predicted molar refractivity (Wildman–Crippen MR) is 248 cm³/mol. The Balaban J connectivity index is 1.03. The molecule has 0 spiro atoms. The summed E-state index contributed by atoms with van der Waals surface area (Å²) < 4.78 is 33.3. The molecule has 0 radical (unpaired) electrons. The molecule has 5 heterocycles. The Labute approximate surface area is 390 Å². The first kappa shape index (κ1) is 47.3. The molecule has 358 valence electrons. The lowest BCUT2D eigenvalue weighted by Crippen LogP contribution is -2.53. The Kier molecular flexibility index (Phi) is 13.0. The molecule has 2 fully saturated rings. The molecular weight excluding hydrogens is 881 g/mol. The summed E-state index contributed by atoms with van der Waals surface area (Å²) in [5.74, 6) is -1.85. The van der Waals surface area contributed by atoms with Gasteiger partial charge in [0, 0.05) is 95.0 Å². The number of sulfone groups is 1. The van der Waals surface area contributed by atoms with Gasteiger partial charge in [-0.05, 0) is 99.6 Å². The Morgan fingerprint density at radius 1 is 0.910 bits per heavy atom. The molecule has 2 aliphatic carbocycles. The van der Waals surface area contributed by atoms with Gasteiger partial charge in [-0.15, -0.1) is 0 Å². The van der Waals surface area contributed by atoms with E-state index in [1.54, 1.807) is 51.0 Å². The standard InChI is InChI=1S/C48H60N8O10S/c1-48(2,3)66-47(63)51-20-19-50-42(58)34-22-36-39-32(24-55(36)23-27-13-14-27)38(33(26-67(6,64)65)29-17-21-53(4)46(62)40(29)41(39)52-34)43(59)49-18-8-7-10-28-11-9-12-30-31(28)25-56(44(30)60)35-15-16-37(57)54(5)45(35)61/h9,11-12,17,21,24,27,34-36,52H,7-8,10,13-16,18-20,22-23,25-26H2,1-6H3,(H,49,59)(H,50,58)(H,51,63). The van der Waals surface area contributed by atoms with Gasteiger partial charge in [0.25, 0.3) is 23.3 Å². The smallest absolute Gasteiger partial charge is 0.407 e. The van der Waals surface area contributed by atoms with Crippen molar-refractivity contribution in [1.82, 2.24) is 40.5 Å². The highest BCUT2D eigenvalue weighted by Crippen LogP contribution is 2.48. The number of nitrogens with zero attached hydrogens (tertiary/aromatic N) is 4. The van der Waals surface area contributed by atoms with Crippen molar-refractivity contribution in [2.75, 3.05) is 45.2 Å². The number of nitrogens with one attached hydrogen (secondary N) is 4. The van der Waals surface area contributed by atoms with Crippen LogP contribution < -0.4 is 26.8 Å². The zero-order valence-corrected chi connectivity index (χ0v) is 39.8. The third-order valence-electron chi connectivity index (χ3n) is 13.2. The van der Waals surface area contributed by atoms with E-state index in [1.807, 2.05) is 18.3 Å². The van der Waals surface area contributed by atoms with E-state index in [0.717, 1.165) is 35.1 Å². The van der Waals surface area contributed by atoms with Gasteiger partial charge in [-0.2, -0.15) is 0 Å². The summed E-state index contributed by atoms with van der Waals surface area (Å²) in [4.78, 5) is 98.7. The molecule has 1 aromatic heterocycles. The van der Waals surface area contributed by atoms with Crippen molar-refractivity contribution in [2.45, 2.75) is 102 Å². The van der Waals surface area contributed by atoms with Crippen molar-refractivity contribution < 1.29 is 41.9 Å². The van der Waals surface area contributed by atoms with E-state index >= 15 is 0 Å². The van der Waals surface area contributed by atoms with Crippen LogP contribution in [0.2, 0.25) is 0 Å². The molecule has 19 heteroatoms. The normalized spacial score (nSPS) is 21.3. The zero-order chi connectivity index (χ0) is 48.1. The number of pyridine rings is 1. The topological polar surface area (TPSA) is 226 Å². The fourth-order valence-corrected chi connectivity index (χ4v) is 10.6.